The van der Waals surface area contributed by atoms with Crippen LogP contribution in [0.2, 0.25) is 0 Å². The Hall–Kier alpha value is -0.0817. The third kappa shape index (κ3) is 5.83. The van der Waals surface area contributed by atoms with Crippen LogP contribution in [0.1, 0.15) is 25.5 Å². The van der Waals surface area contributed by atoms with Gasteiger partial charge in [-0.3, -0.25) is 4.79 Å². The van der Waals surface area contributed by atoms with Crippen LogP contribution in [0.15, 0.2) is 24.3 Å². The molecule has 0 fully saturated rings. The van der Waals surface area contributed by atoms with Gasteiger partial charge in [-0.1, -0.05) is 37.0 Å². The van der Waals surface area contributed by atoms with Gasteiger partial charge in [0.2, 0.25) is 0 Å². The van der Waals surface area contributed by atoms with Crippen molar-refractivity contribution in [3.05, 3.63) is 35.9 Å². The summed E-state index contributed by atoms with van der Waals surface area (Å²) in [6.45, 7) is 3.81. The maximum absolute atomic E-state index is 11.5. The van der Waals surface area contributed by atoms with Crippen molar-refractivity contribution >= 4 is 29.1 Å². The SMILES string of the molecule is CC(C)C(NC(=O)C(Cl)Cl)C(O)c1cc[c-]cc1.[W]. The summed E-state index contributed by atoms with van der Waals surface area (Å²) < 4.78 is 0. The number of rotatable bonds is 5. The molecule has 2 N–H and O–H groups in total. The maximum Gasteiger partial charge on any atom is 0.253 e. The van der Waals surface area contributed by atoms with Gasteiger partial charge in [0.05, 0.1) is 12.1 Å². The molecule has 1 aromatic rings. The molecular formula is C13H16Cl2NO2W-. The molecule has 0 spiro atoms. The van der Waals surface area contributed by atoms with E-state index in [4.69, 9.17) is 23.2 Å². The first-order valence-electron chi connectivity index (χ1n) is 5.66. The number of aliphatic hydroxyl groups excluding tert-OH is 1. The number of hydrogen-bond donors (Lipinski definition) is 2. The van der Waals surface area contributed by atoms with Crippen LogP contribution < -0.4 is 5.32 Å². The summed E-state index contributed by atoms with van der Waals surface area (Å²) in [4.78, 5) is 10.4. The Morgan fingerprint density at radius 3 is 2.26 bits per heavy atom. The Morgan fingerprint density at radius 2 is 1.84 bits per heavy atom. The van der Waals surface area contributed by atoms with E-state index in [1.54, 1.807) is 24.3 Å². The number of benzene rings is 1. The van der Waals surface area contributed by atoms with Crippen LogP contribution in [-0.2, 0) is 25.9 Å². The summed E-state index contributed by atoms with van der Waals surface area (Å²) >= 11 is 11.0. The average Bonchev–Trinajstić information content (AvgIpc) is 2.35. The summed E-state index contributed by atoms with van der Waals surface area (Å²) in [6, 6.07) is 9.36. The van der Waals surface area contributed by atoms with Gasteiger partial charge >= 0.3 is 0 Å². The van der Waals surface area contributed by atoms with Crippen LogP contribution in [0.25, 0.3) is 0 Å². The van der Waals surface area contributed by atoms with E-state index in [0.29, 0.717) is 5.56 Å². The second-order valence-electron chi connectivity index (χ2n) is 4.36. The fourth-order valence-electron chi connectivity index (χ4n) is 1.64. The number of hydrogen-bond acceptors (Lipinski definition) is 2. The number of aliphatic hydroxyl groups is 1. The number of alkyl halides is 2. The first-order valence-corrected chi connectivity index (χ1v) is 6.53. The van der Waals surface area contributed by atoms with Crippen molar-refractivity contribution in [1.82, 2.24) is 5.32 Å². The minimum Gasteiger partial charge on any atom is -0.388 e. The van der Waals surface area contributed by atoms with E-state index in [2.05, 4.69) is 11.4 Å². The van der Waals surface area contributed by atoms with Gasteiger partial charge in [-0.05, 0) is 5.92 Å². The molecular weight excluding hydrogens is 457 g/mol. The minimum atomic E-state index is -1.14. The van der Waals surface area contributed by atoms with Gasteiger partial charge in [-0.25, -0.2) is 0 Å². The molecule has 0 aliphatic carbocycles. The molecule has 0 aliphatic heterocycles. The molecule has 0 radical (unpaired) electrons. The van der Waals surface area contributed by atoms with E-state index in [-0.39, 0.29) is 27.0 Å². The van der Waals surface area contributed by atoms with Crippen molar-refractivity contribution in [3.8, 4) is 0 Å². The molecule has 0 aliphatic rings. The Kier molecular flexibility index (Phi) is 8.93. The van der Waals surface area contributed by atoms with Gasteiger partial charge in [-0.2, -0.15) is 30.3 Å². The molecule has 0 aromatic heterocycles. The third-order valence-corrected chi connectivity index (χ3v) is 3.05. The van der Waals surface area contributed by atoms with Crippen molar-refractivity contribution in [3.63, 3.8) is 0 Å². The van der Waals surface area contributed by atoms with Crippen LogP contribution in [0.4, 0.5) is 0 Å². The van der Waals surface area contributed by atoms with Crippen molar-refractivity contribution < 1.29 is 31.0 Å². The van der Waals surface area contributed by atoms with E-state index in [9.17, 15) is 9.90 Å². The standard InChI is InChI=1S/C13H16Cl2NO2.W/c1-8(2)10(16-13(18)12(14)15)11(17)9-6-4-3-5-7-9;/h4-8,10-12,17H,1-2H3,(H,16,18);/q-1;. The second kappa shape index (κ2) is 8.96. The monoisotopic (exact) mass is 472 g/mol. The minimum absolute atomic E-state index is 0. The van der Waals surface area contributed by atoms with E-state index in [1.165, 1.54) is 0 Å². The van der Waals surface area contributed by atoms with Crippen molar-refractivity contribution in [2.24, 2.45) is 5.92 Å². The van der Waals surface area contributed by atoms with E-state index in [0.717, 1.165) is 0 Å². The van der Waals surface area contributed by atoms with E-state index in [1.807, 2.05) is 13.8 Å². The predicted molar refractivity (Wildman–Crippen MR) is 72.5 cm³/mol. The third-order valence-electron chi connectivity index (χ3n) is 2.65. The molecule has 1 rings (SSSR count). The molecule has 1 amide bonds. The van der Waals surface area contributed by atoms with Crippen LogP contribution >= 0.6 is 23.2 Å². The van der Waals surface area contributed by atoms with Crippen LogP contribution in [0.5, 0.6) is 0 Å². The van der Waals surface area contributed by atoms with E-state index < -0.39 is 22.9 Å². The fraction of sp³-hybridized carbons (Fsp3) is 0.462. The molecule has 0 bridgehead atoms. The summed E-state index contributed by atoms with van der Waals surface area (Å²) in [5, 5.41) is 12.9. The van der Waals surface area contributed by atoms with Gasteiger partial charge in [0.15, 0.2) is 4.84 Å². The van der Waals surface area contributed by atoms with Crippen molar-refractivity contribution in [2.75, 3.05) is 0 Å². The van der Waals surface area contributed by atoms with Gasteiger partial charge in [0.1, 0.15) is 0 Å². The average molecular weight is 473 g/mol. The number of carbonyl (C=O) groups excluding carboxylic acids is 1. The second-order valence-corrected chi connectivity index (χ2v) is 5.45. The topological polar surface area (TPSA) is 49.3 Å². The molecule has 1 aromatic carbocycles. The van der Waals surface area contributed by atoms with Crippen LogP contribution in [0.3, 0.4) is 0 Å². The zero-order valence-electron chi connectivity index (χ0n) is 10.6. The molecule has 0 saturated carbocycles. The van der Waals surface area contributed by atoms with Crippen molar-refractivity contribution in [1.29, 1.82) is 0 Å². The van der Waals surface area contributed by atoms with Crippen LogP contribution in [-0.4, -0.2) is 21.9 Å². The van der Waals surface area contributed by atoms with Crippen molar-refractivity contribution in [2.45, 2.75) is 30.8 Å². The fourth-order valence-corrected chi connectivity index (χ4v) is 1.77. The molecule has 0 saturated heterocycles. The number of nitrogens with one attached hydrogen (secondary N) is 1. The molecule has 0 heterocycles. The first-order chi connectivity index (χ1) is 8.43. The summed E-state index contributed by atoms with van der Waals surface area (Å²) in [5.41, 5.74) is 0.716. The van der Waals surface area contributed by atoms with Crippen LogP contribution in [0, 0.1) is 12.0 Å². The number of halogens is 2. The maximum atomic E-state index is 11.5. The summed E-state index contributed by atoms with van der Waals surface area (Å²) in [5.74, 6) is -0.459. The first kappa shape index (κ1) is 18.9. The van der Waals surface area contributed by atoms with Gasteiger partial charge in [-0.15, -0.1) is 5.56 Å². The molecule has 106 valence electrons. The quantitative estimate of drug-likeness (QED) is 0.511. The largest absolute Gasteiger partial charge is 0.388 e. The molecule has 2 atom stereocenters. The Labute approximate surface area is 137 Å². The van der Waals surface area contributed by atoms with Gasteiger partial charge < -0.3 is 10.4 Å². The molecule has 3 nitrogen and oxygen atoms in total. The summed E-state index contributed by atoms with van der Waals surface area (Å²) in [7, 11) is 0. The molecule has 2 unspecified atom stereocenters. The Morgan fingerprint density at radius 1 is 1.32 bits per heavy atom. The molecule has 19 heavy (non-hydrogen) atoms. The summed E-state index contributed by atoms with van der Waals surface area (Å²) in [6.07, 6.45) is -0.810. The van der Waals surface area contributed by atoms with Gasteiger partial charge in [0, 0.05) is 21.1 Å². The Bertz CT molecular complexity index is 387. The smallest absolute Gasteiger partial charge is 0.253 e. The zero-order valence-corrected chi connectivity index (χ0v) is 15.1. The van der Waals surface area contributed by atoms with E-state index >= 15 is 0 Å². The number of amides is 1. The number of carbonyl (C=O) groups is 1. The predicted octanol–water partition coefficient (Wildman–Crippen LogP) is 2.46. The zero-order chi connectivity index (χ0) is 13.7. The normalized spacial score (nSPS) is 13.8. The Balaban J connectivity index is 0.00000324. The molecule has 6 heteroatoms. The van der Waals surface area contributed by atoms with Gasteiger partial charge in [0.25, 0.3) is 5.91 Å².